The molecular weight excluding hydrogens is 533 g/mol. The van der Waals surface area contributed by atoms with Crippen LogP contribution in [-0.2, 0) is 4.79 Å². The van der Waals surface area contributed by atoms with Crippen LogP contribution >= 0.6 is 58.0 Å². The van der Waals surface area contributed by atoms with Crippen molar-refractivity contribution < 1.29 is 14.0 Å². The van der Waals surface area contributed by atoms with E-state index in [0.29, 0.717) is 21.3 Å². The first kappa shape index (κ1) is 25.6. The Morgan fingerprint density at radius 2 is 1.55 bits per heavy atom. The molecule has 0 saturated heterocycles. The lowest BCUT2D eigenvalue weighted by Gasteiger charge is -2.26. The molecular formula is C23H16Cl5FN2O2. The molecule has 0 aliphatic carbocycles. The molecule has 0 bridgehead atoms. The van der Waals surface area contributed by atoms with Crippen LogP contribution in [0.15, 0.2) is 60.7 Å². The summed E-state index contributed by atoms with van der Waals surface area (Å²) < 4.78 is 12.4. The number of carbonyl (C=O) groups excluding carboxylic acids is 2. The fraction of sp³-hybridized carbons (Fsp3) is 0.130. The number of alkyl halides is 2. The number of nitrogens with one attached hydrogen (secondary N) is 2. The zero-order valence-electron chi connectivity index (χ0n) is 16.9. The van der Waals surface area contributed by atoms with Crippen molar-refractivity contribution in [1.29, 1.82) is 0 Å². The number of hydrogen-bond donors (Lipinski definition) is 2. The fourth-order valence-electron chi connectivity index (χ4n) is 3.16. The van der Waals surface area contributed by atoms with Crippen molar-refractivity contribution in [2.24, 2.45) is 0 Å². The maximum absolute atomic E-state index is 13.9. The predicted octanol–water partition coefficient (Wildman–Crippen LogP) is 7.95. The third-order valence-corrected chi connectivity index (χ3v) is 5.79. The van der Waals surface area contributed by atoms with E-state index < -0.39 is 27.9 Å². The average Bonchev–Trinajstić information content (AvgIpc) is 2.69. The number of hydrogen-bond acceptors (Lipinski definition) is 2. The summed E-state index contributed by atoms with van der Waals surface area (Å²) in [5.74, 6) is -2.96. The van der Waals surface area contributed by atoms with Crippen molar-refractivity contribution in [3.63, 3.8) is 0 Å². The van der Waals surface area contributed by atoms with Gasteiger partial charge >= 0.3 is 0 Å². The normalized spacial score (nSPS) is 12.2. The first-order chi connectivity index (χ1) is 15.5. The molecule has 0 fully saturated rings. The molecule has 0 radical (unpaired) electrons. The van der Waals surface area contributed by atoms with Gasteiger partial charge in [-0.1, -0.05) is 46.9 Å². The molecule has 4 nitrogen and oxygen atoms in total. The van der Waals surface area contributed by atoms with E-state index in [1.807, 2.05) is 0 Å². The minimum Gasteiger partial charge on any atom is -0.325 e. The highest BCUT2D eigenvalue weighted by molar-refractivity contribution is 6.50. The van der Waals surface area contributed by atoms with Crippen molar-refractivity contribution >= 4 is 81.2 Å². The van der Waals surface area contributed by atoms with Gasteiger partial charge < -0.3 is 10.6 Å². The van der Waals surface area contributed by atoms with Crippen molar-refractivity contribution in [3.8, 4) is 0 Å². The molecule has 0 aromatic heterocycles. The highest BCUT2D eigenvalue weighted by Gasteiger charge is 2.37. The standard InChI is InChI=1S/C23H16Cl5FN2O2/c1-23(27,28)20(12-8-13(24)10-14(25)9-12)22(33)30-15-6-7-17(26)19(11-15)31-21(32)16-4-2-3-5-18(16)29/h2-11,20H,1H3,(H,30,33)(H,31,32). The maximum Gasteiger partial charge on any atom is 0.258 e. The van der Waals surface area contributed by atoms with Gasteiger partial charge in [-0.25, -0.2) is 4.39 Å². The van der Waals surface area contributed by atoms with Crippen LogP contribution in [0, 0.1) is 5.82 Å². The Balaban J connectivity index is 1.87. The average molecular weight is 549 g/mol. The number of rotatable bonds is 6. The summed E-state index contributed by atoms with van der Waals surface area (Å²) in [6.45, 7) is 1.47. The van der Waals surface area contributed by atoms with E-state index in [2.05, 4.69) is 10.6 Å². The van der Waals surface area contributed by atoms with Gasteiger partial charge in [0.15, 0.2) is 0 Å². The van der Waals surface area contributed by atoms with Crippen molar-refractivity contribution in [2.45, 2.75) is 17.2 Å². The Bertz CT molecular complexity index is 1190. The number of benzene rings is 3. The van der Waals surface area contributed by atoms with Gasteiger partial charge in [0.25, 0.3) is 5.91 Å². The molecule has 10 heteroatoms. The first-order valence-electron chi connectivity index (χ1n) is 9.46. The number of anilines is 2. The van der Waals surface area contributed by atoms with Gasteiger partial charge in [0.05, 0.1) is 22.2 Å². The highest BCUT2D eigenvalue weighted by Crippen LogP contribution is 2.40. The molecule has 3 aromatic rings. The van der Waals surface area contributed by atoms with Crippen LogP contribution in [0.25, 0.3) is 0 Å². The SMILES string of the molecule is CC(Cl)(Cl)C(C(=O)Nc1ccc(Cl)c(NC(=O)c2ccccc2F)c1)c1cc(Cl)cc(Cl)c1. The Morgan fingerprint density at radius 3 is 2.15 bits per heavy atom. The van der Waals surface area contributed by atoms with E-state index in [0.717, 1.165) is 0 Å². The third-order valence-electron chi connectivity index (χ3n) is 4.59. The molecule has 0 aliphatic rings. The lowest BCUT2D eigenvalue weighted by Crippen LogP contribution is -2.32. The Morgan fingerprint density at radius 1 is 0.909 bits per heavy atom. The molecule has 0 heterocycles. The number of amides is 2. The Labute approximate surface area is 214 Å². The third kappa shape index (κ3) is 6.52. The van der Waals surface area contributed by atoms with Crippen LogP contribution in [0.3, 0.4) is 0 Å². The summed E-state index contributed by atoms with van der Waals surface area (Å²) in [6, 6.07) is 14.6. The van der Waals surface area contributed by atoms with Gasteiger partial charge in [0, 0.05) is 15.7 Å². The van der Waals surface area contributed by atoms with Gasteiger partial charge in [-0.2, -0.15) is 0 Å². The van der Waals surface area contributed by atoms with Gasteiger partial charge in [0.2, 0.25) is 5.91 Å². The molecule has 2 N–H and O–H groups in total. The van der Waals surface area contributed by atoms with Crippen LogP contribution in [0.2, 0.25) is 15.1 Å². The Hall–Kier alpha value is -2.02. The topological polar surface area (TPSA) is 58.2 Å². The Kier molecular flexibility index (Phi) is 8.14. The molecule has 1 atom stereocenters. The zero-order chi connectivity index (χ0) is 24.3. The minimum absolute atomic E-state index is 0.152. The minimum atomic E-state index is -1.51. The van der Waals surface area contributed by atoms with E-state index in [9.17, 15) is 14.0 Å². The summed E-state index contributed by atoms with van der Waals surface area (Å²) in [4.78, 5) is 25.6. The van der Waals surface area contributed by atoms with Gasteiger partial charge in [0.1, 0.15) is 10.2 Å². The lowest BCUT2D eigenvalue weighted by atomic mass is 9.94. The summed E-state index contributed by atoms with van der Waals surface area (Å²) in [5.41, 5.74) is 0.731. The zero-order valence-corrected chi connectivity index (χ0v) is 20.7. The fourth-order valence-corrected chi connectivity index (χ4v) is 4.32. The van der Waals surface area contributed by atoms with E-state index in [1.165, 1.54) is 55.5 Å². The summed E-state index contributed by atoms with van der Waals surface area (Å²) in [5, 5.41) is 6.06. The smallest absolute Gasteiger partial charge is 0.258 e. The summed E-state index contributed by atoms with van der Waals surface area (Å²) in [7, 11) is 0. The largest absolute Gasteiger partial charge is 0.325 e. The molecule has 0 saturated carbocycles. The highest BCUT2D eigenvalue weighted by atomic mass is 35.5. The van der Waals surface area contributed by atoms with E-state index >= 15 is 0 Å². The van der Waals surface area contributed by atoms with Crippen LogP contribution in [0.5, 0.6) is 0 Å². The van der Waals surface area contributed by atoms with E-state index in [-0.39, 0.29) is 16.3 Å². The second-order valence-electron chi connectivity index (χ2n) is 7.21. The molecule has 172 valence electrons. The van der Waals surface area contributed by atoms with Crippen molar-refractivity contribution in [3.05, 3.63) is 92.7 Å². The van der Waals surface area contributed by atoms with Crippen LogP contribution < -0.4 is 10.6 Å². The molecule has 1 unspecified atom stereocenters. The van der Waals surface area contributed by atoms with Gasteiger partial charge in [-0.15, -0.1) is 23.2 Å². The number of halogens is 6. The van der Waals surface area contributed by atoms with Crippen LogP contribution in [0.4, 0.5) is 15.8 Å². The maximum atomic E-state index is 13.9. The molecule has 0 spiro atoms. The van der Waals surface area contributed by atoms with E-state index in [4.69, 9.17) is 58.0 Å². The van der Waals surface area contributed by atoms with Crippen molar-refractivity contribution in [2.75, 3.05) is 10.6 Å². The molecule has 3 aromatic carbocycles. The summed E-state index contributed by atoms with van der Waals surface area (Å²) >= 11 is 30.9. The molecule has 0 aliphatic heterocycles. The van der Waals surface area contributed by atoms with Crippen LogP contribution in [0.1, 0.15) is 28.8 Å². The first-order valence-corrected chi connectivity index (χ1v) is 11.3. The summed E-state index contributed by atoms with van der Waals surface area (Å²) in [6.07, 6.45) is 0. The van der Waals surface area contributed by atoms with Gasteiger partial charge in [-0.3, -0.25) is 9.59 Å². The lowest BCUT2D eigenvalue weighted by molar-refractivity contribution is -0.117. The molecule has 2 amide bonds. The molecule has 3 rings (SSSR count). The van der Waals surface area contributed by atoms with Crippen LogP contribution in [-0.4, -0.2) is 16.1 Å². The second-order valence-corrected chi connectivity index (χ2v) is 10.3. The van der Waals surface area contributed by atoms with Crippen molar-refractivity contribution in [1.82, 2.24) is 0 Å². The monoisotopic (exact) mass is 546 g/mol. The number of carbonyl (C=O) groups is 2. The quantitative estimate of drug-likeness (QED) is 0.307. The second kappa shape index (κ2) is 10.5. The van der Waals surface area contributed by atoms with Gasteiger partial charge in [-0.05, 0) is 61.0 Å². The van der Waals surface area contributed by atoms with E-state index in [1.54, 1.807) is 12.1 Å². The molecule has 33 heavy (non-hydrogen) atoms. The predicted molar refractivity (Wildman–Crippen MR) is 134 cm³/mol.